The Hall–Kier alpha value is -5.04. The second kappa shape index (κ2) is 10.7. The van der Waals surface area contributed by atoms with E-state index in [1.54, 1.807) is 66.7 Å². The molecule has 0 fully saturated rings. The third-order valence-electron chi connectivity index (χ3n) is 5.86. The summed E-state index contributed by atoms with van der Waals surface area (Å²) in [6.45, 7) is -0.219. The van der Waals surface area contributed by atoms with Gasteiger partial charge < -0.3 is 9.64 Å². The molecule has 37 heavy (non-hydrogen) atoms. The van der Waals surface area contributed by atoms with Crippen LogP contribution in [-0.2, 0) is 4.79 Å². The highest BCUT2D eigenvalue weighted by Gasteiger charge is 2.34. The Morgan fingerprint density at radius 3 is 2.08 bits per heavy atom. The molecular formula is C30H23N3O4. The number of carbonyl (C=O) groups is 3. The van der Waals surface area contributed by atoms with Crippen LogP contribution in [-0.4, -0.2) is 36.2 Å². The number of anilines is 1. The summed E-state index contributed by atoms with van der Waals surface area (Å²) in [6, 6.07) is 33.9. The van der Waals surface area contributed by atoms with Gasteiger partial charge in [-0.15, -0.1) is 0 Å². The molecule has 1 atom stereocenters. The topological polar surface area (TPSA) is 88.1 Å². The van der Waals surface area contributed by atoms with Crippen molar-refractivity contribution < 1.29 is 19.1 Å². The first-order chi connectivity index (χ1) is 18.1. The van der Waals surface area contributed by atoms with Gasteiger partial charge in [0.1, 0.15) is 5.75 Å². The van der Waals surface area contributed by atoms with Gasteiger partial charge in [-0.1, -0.05) is 97.1 Å². The fourth-order valence-corrected chi connectivity index (χ4v) is 4.11. The van der Waals surface area contributed by atoms with Gasteiger partial charge in [-0.25, -0.2) is 9.79 Å². The Morgan fingerprint density at radius 1 is 0.784 bits per heavy atom. The number of ether oxygens (including phenoxy) is 1. The average molecular weight is 490 g/mol. The van der Waals surface area contributed by atoms with E-state index in [1.165, 1.54) is 4.90 Å². The van der Waals surface area contributed by atoms with E-state index in [-0.39, 0.29) is 12.3 Å². The number of benzene rings is 4. The first kappa shape index (κ1) is 23.7. The van der Waals surface area contributed by atoms with Crippen LogP contribution in [0.5, 0.6) is 5.75 Å². The van der Waals surface area contributed by atoms with Crippen LogP contribution in [0.3, 0.4) is 0 Å². The molecule has 0 aromatic heterocycles. The lowest BCUT2D eigenvalue weighted by Gasteiger charge is -2.24. The molecular weight excluding hydrogens is 466 g/mol. The van der Waals surface area contributed by atoms with Crippen LogP contribution in [0.4, 0.5) is 10.5 Å². The number of hydrogen-bond acceptors (Lipinski definition) is 5. The lowest BCUT2D eigenvalue weighted by molar-refractivity contribution is -0.120. The number of rotatable bonds is 6. The number of benzodiazepines with no additional fused rings is 1. The molecule has 0 radical (unpaired) electrons. The van der Waals surface area contributed by atoms with Gasteiger partial charge in [0.25, 0.3) is 5.91 Å². The van der Waals surface area contributed by atoms with Gasteiger partial charge in [0, 0.05) is 16.7 Å². The van der Waals surface area contributed by atoms with Crippen molar-refractivity contribution in [1.29, 1.82) is 0 Å². The number of carbonyl (C=O) groups excluding carboxylic acids is 3. The van der Waals surface area contributed by atoms with Gasteiger partial charge in [-0.3, -0.25) is 14.9 Å². The second-order valence-corrected chi connectivity index (χ2v) is 8.32. The number of hydrogen-bond donors (Lipinski definition) is 1. The van der Waals surface area contributed by atoms with Crippen LogP contribution in [0.15, 0.2) is 120 Å². The first-order valence-electron chi connectivity index (χ1n) is 11.8. The molecule has 4 aromatic rings. The van der Waals surface area contributed by atoms with Crippen LogP contribution < -0.4 is 15.0 Å². The maximum atomic E-state index is 13.8. The zero-order valence-corrected chi connectivity index (χ0v) is 19.8. The minimum absolute atomic E-state index is 0.219. The Bertz CT molecular complexity index is 1450. The highest BCUT2D eigenvalue weighted by molar-refractivity contribution is 6.21. The van der Waals surface area contributed by atoms with Gasteiger partial charge in [0.2, 0.25) is 6.17 Å². The molecule has 0 saturated heterocycles. The average Bonchev–Trinajstić information content (AvgIpc) is 3.05. The van der Waals surface area contributed by atoms with Crippen molar-refractivity contribution in [3.8, 4) is 5.75 Å². The highest BCUT2D eigenvalue weighted by atomic mass is 16.6. The van der Waals surface area contributed by atoms with E-state index in [2.05, 4.69) is 10.3 Å². The SMILES string of the molecule is O=C(NC1N=C(c2ccccc2)c2ccccc2N(CC(=O)c2ccccc2)C1=O)Oc1ccccc1. The molecule has 0 aliphatic carbocycles. The lowest BCUT2D eigenvalue weighted by Crippen LogP contribution is -2.49. The standard InChI is InChI=1S/C30H23N3O4/c34-26(21-12-4-1-5-13-21)20-33-25-19-11-10-18-24(25)27(22-14-6-2-7-15-22)31-28(29(33)35)32-30(36)37-23-16-8-3-9-17-23/h1-19,28H,20H2,(H,32,36). The molecule has 7 nitrogen and oxygen atoms in total. The van der Waals surface area contributed by atoms with Crippen LogP contribution >= 0.6 is 0 Å². The number of nitrogens with one attached hydrogen (secondary N) is 1. The first-order valence-corrected chi connectivity index (χ1v) is 11.8. The summed E-state index contributed by atoms with van der Waals surface area (Å²) in [5, 5.41) is 2.58. The van der Waals surface area contributed by atoms with Crippen molar-refractivity contribution in [2.75, 3.05) is 11.4 Å². The van der Waals surface area contributed by atoms with Crippen molar-refractivity contribution in [3.63, 3.8) is 0 Å². The molecule has 4 aromatic carbocycles. The number of ketones is 1. The quantitative estimate of drug-likeness (QED) is 0.392. The second-order valence-electron chi connectivity index (χ2n) is 8.32. The number of nitrogens with zero attached hydrogens (tertiary/aromatic N) is 2. The Kier molecular flexibility index (Phi) is 6.85. The van der Waals surface area contributed by atoms with Crippen molar-refractivity contribution in [3.05, 3.63) is 132 Å². The minimum Gasteiger partial charge on any atom is -0.410 e. The lowest BCUT2D eigenvalue weighted by atomic mass is 10.00. The summed E-state index contributed by atoms with van der Waals surface area (Å²) in [5.74, 6) is -0.460. The molecule has 5 rings (SSSR count). The van der Waals surface area contributed by atoms with E-state index < -0.39 is 18.2 Å². The Labute approximate surface area is 214 Å². The van der Waals surface area contributed by atoms with E-state index in [1.807, 2.05) is 48.5 Å². The molecule has 1 N–H and O–H groups in total. The molecule has 1 unspecified atom stereocenters. The maximum absolute atomic E-state index is 13.8. The van der Waals surface area contributed by atoms with Gasteiger partial charge >= 0.3 is 6.09 Å². The molecule has 1 aliphatic heterocycles. The summed E-state index contributed by atoms with van der Waals surface area (Å²) in [7, 11) is 0. The minimum atomic E-state index is -1.32. The molecule has 7 heteroatoms. The third-order valence-corrected chi connectivity index (χ3v) is 5.86. The number of amides is 2. The maximum Gasteiger partial charge on any atom is 0.414 e. The van der Waals surface area contributed by atoms with E-state index in [0.29, 0.717) is 28.3 Å². The van der Waals surface area contributed by atoms with E-state index in [0.717, 1.165) is 5.56 Å². The number of Topliss-reactive ketones (excluding diaryl/α,β-unsaturated/α-hetero) is 1. The summed E-state index contributed by atoms with van der Waals surface area (Å²) >= 11 is 0. The Morgan fingerprint density at radius 2 is 1.38 bits per heavy atom. The number of para-hydroxylation sites is 2. The fourth-order valence-electron chi connectivity index (χ4n) is 4.11. The van der Waals surface area contributed by atoms with Crippen molar-refractivity contribution >= 4 is 29.2 Å². The van der Waals surface area contributed by atoms with E-state index in [9.17, 15) is 14.4 Å². The number of fused-ring (bicyclic) bond motifs is 1. The molecule has 0 spiro atoms. The van der Waals surface area contributed by atoms with Crippen LogP contribution in [0.2, 0.25) is 0 Å². The summed E-state index contributed by atoms with van der Waals surface area (Å²) in [5.41, 5.74) is 2.96. The summed E-state index contributed by atoms with van der Waals surface area (Å²) < 4.78 is 5.35. The predicted molar refractivity (Wildman–Crippen MR) is 141 cm³/mol. The van der Waals surface area contributed by atoms with Crippen LogP contribution in [0, 0.1) is 0 Å². The van der Waals surface area contributed by atoms with Crippen molar-refractivity contribution in [2.45, 2.75) is 6.17 Å². The largest absolute Gasteiger partial charge is 0.414 e. The van der Waals surface area contributed by atoms with Gasteiger partial charge in [0.05, 0.1) is 17.9 Å². The molecule has 0 saturated carbocycles. The van der Waals surface area contributed by atoms with Crippen molar-refractivity contribution in [1.82, 2.24) is 5.32 Å². The third kappa shape index (κ3) is 5.31. The normalized spacial score (nSPS) is 14.7. The fraction of sp³-hybridized carbons (Fsp3) is 0.0667. The van der Waals surface area contributed by atoms with Gasteiger partial charge in [0.15, 0.2) is 5.78 Å². The van der Waals surface area contributed by atoms with E-state index in [4.69, 9.17) is 4.74 Å². The predicted octanol–water partition coefficient (Wildman–Crippen LogP) is 4.87. The van der Waals surface area contributed by atoms with Crippen LogP contribution in [0.1, 0.15) is 21.5 Å². The zero-order chi connectivity index (χ0) is 25.6. The zero-order valence-electron chi connectivity index (χ0n) is 19.8. The van der Waals surface area contributed by atoms with Gasteiger partial charge in [-0.05, 0) is 18.2 Å². The van der Waals surface area contributed by atoms with Crippen LogP contribution in [0.25, 0.3) is 0 Å². The highest BCUT2D eigenvalue weighted by Crippen LogP contribution is 2.28. The summed E-state index contributed by atoms with van der Waals surface area (Å²) in [6.07, 6.45) is -2.15. The monoisotopic (exact) mass is 489 g/mol. The number of aliphatic imine (C=N–C) groups is 1. The van der Waals surface area contributed by atoms with Crippen molar-refractivity contribution in [2.24, 2.45) is 4.99 Å². The molecule has 2 amide bonds. The molecule has 1 aliphatic rings. The molecule has 1 heterocycles. The van der Waals surface area contributed by atoms with E-state index >= 15 is 0 Å². The summed E-state index contributed by atoms with van der Waals surface area (Å²) in [4.78, 5) is 45.8. The Balaban J connectivity index is 1.54. The van der Waals surface area contributed by atoms with Gasteiger partial charge in [-0.2, -0.15) is 0 Å². The smallest absolute Gasteiger partial charge is 0.410 e. The molecule has 0 bridgehead atoms. The molecule has 182 valence electrons.